The standard InChI is InChI=1S/C65H98O12/c1-4-7-10-13-16-19-22-25-27-28-29-30-32-34-36-39-42-45-48-51-57(66)73-54-56(75-58(67)52-49-46-43-40-38-35-31-26-23-20-17-14-11-8-5-2)55-74-65-63(61(70)60(69)62(77-65)64(71)72)76-59(68)53-50-47-44-41-37-33-24-21-18-15-12-9-6-3/h8-9,11-12,16-21,25-27,29-31,33,37-38,40,44,46-47,49,56,60-63,65,69-70H,4-7,10,13-15,22-24,28,32,34-36,39,41-43,45,48,50-55H2,1-3H3,(H,71,72)/b11-8-,12-9-,19-16-,20-17-,21-18-,27-25-,30-29-,31-26-,37-33-,40-38-,47-44-,49-46-. The Bertz CT molecular complexity index is 1890. The number of hydrogen-bond acceptors (Lipinski definition) is 11. The van der Waals surface area contributed by atoms with E-state index in [9.17, 15) is 34.5 Å². The highest BCUT2D eigenvalue weighted by Crippen LogP contribution is 2.26. The summed E-state index contributed by atoms with van der Waals surface area (Å²) in [4.78, 5) is 51.0. The number of unbranched alkanes of at least 4 members (excludes halogenated alkanes) is 9. The first-order valence-electron chi connectivity index (χ1n) is 28.8. The molecule has 0 radical (unpaired) electrons. The van der Waals surface area contributed by atoms with E-state index >= 15 is 0 Å². The number of aliphatic hydroxyl groups excluding tert-OH is 2. The SMILES string of the molecule is CC/C=C\C/C=C\C/C=C\C/C=C\C/C=C\CC(=O)OC(COC(=O)CCCCCCCC/C=C\C/C=C\C/C=C\CCCCC)COC1OC(C(=O)O)C(O)C(O)C1OC(=O)CC/C=C\C/C=C\C/C=C\C/C=C\CC. The molecule has 6 atom stereocenters. The molecule has 12 heteroatoms. The smallest absolute Gasteiger partial charge is 0.335 e. The van der Waals surface area contributed by atoms with E-state index in [2.05, 4.69) is 124 Å². The van der Waals surface area contributed by atoms with E-state index in [0.29, 0.717) is 25.7 Å². The molecule has 0 spiro atoms. The highest BCUT2D eigenvalue weighted by molar-refractivity contribution is 5.74. The summed E-state index contributed by atoms with van der Waals surface area (Å²) in [5.41, 5.74) is 0. The number of carbonyl (C=O) groups excluding carboxylic acids is 3. The van der Waals surface area contributed by atoms with E-state index in [0.717, 1.165) is 96.3 Å². The number of rotatable bonds is 46. The first-order valence-corrected chi connectivity index (χ1v) is 28.8. The van der Waals surface area contributed by atoms with Crippen LogP contribution >= 0.6 is 0 Å². The van der Waals surface area contributed by atoms with Crippen LogP contribution in [0.15, 0.2) is 146 Å². The first kappa shape index (κ1) is 69.6. The lowest BCUT2D eigenvalue weighted by Crippen LogP contribution is -2.61. The van der Waals surface area contributed by atoms with Crippen molar-refractivity contribution >= 4 is 23.9 Å². The Labute approximate surface area is 463 Å². The molecule has 0 aliphatic carbocycles. The van der Waals surface area contributed by atoms with Crippen molar-refractivity contribution < 1.29 is 58.2 Å². The van der Waals surface area contributed by atoms with Gasteiger partial charge in [0, 0.05) is 12.8 Å². The third-order valence-corrected chi connectivity index (χ3v) is 11.9. The number of aliphatic carboxylic acids is 1. The molecule has 0 aromatic carbocycles. The second-order valence-corrected chi connectivity index (χ2v) is 18.8. The number of carboxylic acids is 1. The highest BCUT2D eigenvalue weighted by Gasteiger charge is 2.50. The zero-order valence-corrected chi connectivity index (χ0v) is 47.1. The van der Waals surface area contributed by atoms with E-state index in [1.165, 1.54) is 25.7 Å². The lowest BCUT2D eigenvalue weighted by molar-refractivity contribution is -0.301. The van der Waals surface area contributed by atoms with E-state index in [4.69, 9.17) is 23.7 Å². The van der Waals surface area contributed by atoms with Crippen molar-refractivity contribution in [3.8, 4) is 0 Å². The molecule has 0 saturated carbocycles. The Hall–Kier alpha value is -5.40. The quantitative estimate of drug-likeness (QED) is 0.0228. The molecule has 0 amide bonds. The van der Waals surface area contributed by atoms with Gasteiger partial charge in [0.2, 0.25) is 0 Å². The Morgan fingerprint density at radius 3 is 1.36 bits per heavy atom. The van der Waals surface area contributed by atoms with Gasteiger partial charge in [0.05, 0.1) is 13.0 Å². The summed E-state index contributed by atoms with van der Waals surface area (Å²) in [7, 11) is 0. The maximum atomic E-state index is 13.1. The van der Waals surface area contributed by atoms with Crippen LogP contribution in [0.1, 0.15) is 188 Å². The molecule has 1 rings (SSSR count). The predicted octanol–water partition coefficient (Wildman–Crippen LogP) is 14.8. The fraction of sp³-hybridized carbons (Fsp3) is 0.569. The molecule has 430 valence electrons. The van der Waals surface area contributed by atoms with Gasteiger partial charge in [0.1, 0.15) is 18.8 Å². The fourth-order valence-corrected chi connectivity index (χ4v) is 7.58. The number of ether oxygens (including phenoxy) is 5. The molecule has 1 fully saturated rings. The topological polar surface area (TPSA) is 175 Å². The van der Waals surface area contributed by atoms with E-state index in [-0.39, 0.29) is 25.9 Å². The molecule has 0 aromatic rings. The lowest BCUT2D eigenvalue weighted by atomic mass is 9.98. The van der Waals surface area contributed by atoms with Gasteiger partial charge in [-0.2, -0.15) is 0 Å². The first-order chi connectivity index (χ1) is 37.6. The third-order valence-electron chi connectivity index (χ3n) is 11.9. The van der Waals surface area contributed by atoms with Crippen molar-refractivity contribution in [3.63, 3.8) is 0 Å². The van der Waals surface area contributed by atoms with Crippen LogP contribution in [-0.4, -0.2) is 89.2 Å². The van der Waals surface area contributed by atoms with E-state index in [1.54, 1.807) is 6.08 Å². The van der Waals surface area contributed by atoms with Crippen LogP contribution in [0.25, 0.3) is 0 Å². The normalized spacial score (nSPS) is 19.1. The van der Waals surface area contributed by atoms with E-state index in [1.807, 2.05) is 36.5 Å². The number of aliphatic hydroxyl groups is 2. The Morgan fingerprint density at radius 2 is 0.883 bits per heavy atom. The molecule has 0 aromatic heterocycles. The van der Waals surface area contributed by atoms with Gasteiger partial charge in [0.25, 0.3) is 0 Å². The lowest BCUT2D eigenvalue weighted by Gasteiger charge is -2.40. The zero-order chi connectivity index (χ0) is 56.1. The van der Waals surface area contributed by atoms with Crippen LogP contribution in [0.2, 0.25) is 0 Å². The summed E-state index contributed by atoms with van der Waals surface area (Å²) in [6.45, 7) is 5.57. The number of esters is 3. The summed E-state index contributed by atoms with van der Waals surface area (Å²) < 4.78 is 28.1. The van der Waals surface area contributed by atoms with Crippen molar-refractivity contribution in [3.05, 3.63) is 146 Å². The summed E-state index contributed by atoms with van der Waals surface area (Å²) >= 11 is 0. The Morgan fingerprint density at radius 1 is 0.455 bits per heavy atom. The van der Waals surface area contributed by atoms with Crippen LogP contribution in [0.3, 0.4) is 0 Å². The average Bonchev–Trinajstić information content (AvgIpc) is 3.41. The van der Waals surface area contributed by atoms with Gasteiger partial charge in [0.15, 0.2) is 24.6 Å². The molecule has 1 aliphatic heterocycles. The molecule has 6 unspecified atom stereocenters. The minimum absolute atomic E-state index is 0.0809. The van der Waals surface area contributed by atoms with Crippen molar-refractivity contribution in [2.75, 3.05) is 13.2 Å². The van der Waals surface area contributed by atoms with Crippen LogP contribution in [-0.2, 0) is 42.9 Å². The van der Waals surface area contributed by atoms with Gasteiger partial charge in [-0.25, -0.2) is 4.79 Å². The molecule has 12 nitrogen and oxygen atoms in total. The minimum Gasteiger partial charge on any atom is -0.479 e. The fourth-order valence-electron chi connectivity index (χ4n) is 7.58. The number of carbonyl (C=O) groups is 4. The van der Waals surface area contributed by atoms with Crippen LogP contribution in [0.4, 0.5) is 0 Å². The second-order valence-electron chi connectivity index (χ2n) is 18.8. The molecule has 1 saturated heterocycles. The maximum Gasteiger partial charge on any atom is 0.335 e. The third kappa shape index (κ3) is 41.4. The number of carboxylic acid groups (broad SMARTS) is 1. The van der Waals surface area contributed by atoms with Crippen molar-refractivity contribution in [2.24, 2.45) is 0 Å². The molecule has 77 heavy (non-hydrogen) atoms. The Kier molecular flexibility index (Phi) is 46.4. The van der Waals surface area contributed by atoms with Gasteiger partial charge in [-0.3, -0.25) is 14.4 Å². The molecular weight excluding hydrogens is 973 g/mol. The van der Waals surface area contributed by atoms with Crippen molar-refractivity contribution in [1.29, 1.82) is 0 Å². The van der Waals surface area contributed by atoms with Crippen LogP contribution in [0, 0.1) is 0 Å². The van der Waals surface area contributed by atoms with E-state index < -0.39 is 67.3 Å². The van der Waals surface area contributed by atoms with Crippen molar-refractivity contribution in [2.45, 2.75) is 225 Å². The second kappa shape index (κ2) is 51.4. The summed E-state index contributed by atoms with van der Waals surface area (Å²) in [6, 6.07) is 0. The average molecular weight is 1070 g/mol. The monoisotopic (exact) mass is 1070 g/mol. The zero-order valence-electron chi connectivity index (χ0n) is 47.1. The molecule has 1 heterocycles. The molecule has 3 N–H and O–H groups in total. The predicted molar refractivity (Wildman–Crippen MR) is 312 cm³/mol. The summed E-state index contributed by atoms with van der Waals surface area (Å²) in [5, 5.41) is 31.4. The minimum atomic E-state index is -1.95. The van der Waals surface area contributed by atoms with Crippen LogP contribution < -0.4 is 0 Å². The largest absolute Gasteiger partial charge is 0.479 e. The van der Waals surface area contributed by atoms with Gasteiger partial charge in [-0.1, -0.05) is 205 Å². The highest BCUT2D eigenvalue weighted by atomic mass is 16.7. The maximum absolute atomic E-state index is 13.1. The number of hydrogen-bond donors (Lipinski definition) is 3. The number of allylic oxidation sites excluding steroid dienone is 23. The van der Waals surface area contributed by atoms with Crippen LogP contribution in [0.5, 0.6) is 0 Å². The molecular formula is C65H98O12. The van der Waals surface area contributed by atoms with Gasteiger partial charge in [-0.05, 0) is 109 Å². The van der Waals surface area contributed by atoms with Gasteiger partial charge < -0.3 is 39.0 Å². The van der Waals surface area contributed by atoms with Gasteiger partial charge >= 0.3 is 23.9 Å². The Balaban J connectivity index is 2.79. The summed E-state index contributed by atoms with van der Waals surface area (Å²) in [5.74, 6) is -3.44. The molecule has 1 aliphatic rings. The van der Waals surface area contributed by atoms with Crippen molar-refractivity contribution in [1.82, 2.24) is 0 Å². The summed E-state index contributed by atoms with van der Waals surface area (Å²) in [6.07, 6.45) is 61.5. The molecule has 0 bridgehead atoms. The van der Waals surface area contributed by atoms with Gasteiger partial charge in [-0.15, -0.1) is 0 Å².